The maximum atomic E-state index is 11.3. The number of carbonyl (C=O) groups is 1. The Balaban J connectivity index is 3.35. The second-order valence-electron chi connectivity index (χ2n) is 2.78. The summed E-state index contributed by atoms with van der Waals surface area (Å²) in [6.45, 7) is 1.65. The molecule has 1 aromatic carbocycles. The number of nitrogens with zero attached hydrogens (tertiary/aromatic N) is 1. The van der Waals surface area contributed by atoms with Crippen molar-refractivity contribution in [2.45, 2.75) is 13.3 Å². The van der Waals surface area contributed by atoms with Gasteiger partial charge in [-0.25, -0.2) is 0 Å². The number of anilines is 1. The summed E-state index contributed by atoms with van der Waals surface area (Å²) in [6, 6.07) is 4.36. The van der Waals surface area contributed by atoms with Crippen LogP contribution in [0.25, 0.3) is 0 Å². The number of nitro groups is 1. The van der Waals surface area contributed by atoms with E-state index in [2.05, 4.69) is 0 Å². The summed E-state index contributed by atoms with van der Waals surface area (Å²) in [6.07, 6.45) is 0.226. The molecule has 0 aromatic heterocycles. The first-order valence-corrected chi connectivity index (χ1v) is 4.14. The molecule has 0 radical (unpaired) electrons. The zero-order valence-electron chi connectivity index (χ0n) is 7.69. The Hall–Kier alpha value is -1.91. The molecule has 74 valence electrons. The molecule has 1 aromatic rings. The molecule has 0 aliphatic heterocycles. The number of carbonyl (C=O) groups excluding carboxylic acids is 1. The fourth-order valence-corrected chi connectivity index (χ4v) is 1.18. The second kappa shape index (κ2) is 3.87. The van der Waals surface area contributed by atoms with E-state index >= 15 is 0 Å². The lowest BCUT2D eigenvalue weighted by molar-refractivity contribution is -0.384. The molecule has 14 heavy (non-hydrogen) atoms. The highest BCUT2D eigenvalue weighted by Gasteiger charge is 2.21. The van der Waals surface area contributed by atoms with E-state index in [1.165, 1.54) is 18.2 Å². The van der Waals surface area contributed by atoms with Gasteiger partial charge in [0, 0.05) is 6.42 Å². The zero-order chi connectivity index (χ0) is 10.7. The Labute approximate surface area is 80.7 Å². The van der Waals surface area contributed by atoms with Crippen LogP contribution in [0.4, 0.5) is 11.4 Å². The smallest absolute Gasteiger partial charge is 0.302 e. The van der Waals surface area contributed by atoms with Crippen molar-refractivity contribution in [1.29, 1.82) is 0 Å². The van der Waals surface area contributed by atoms with Gasteiger partial charge in [0.1, 0.15) is 5.69 Å². The summed E-state index contributed by atoms with van der Waals surface area (Å²) in [5.41, 5.74) is 5.23. The number of nitro benzene ring substituents is 1. The number of para-hydroxylation sites is 1. The highest BCUT2D eigenvalue weighted by Crippen LogP contribution is 2.26. The van der Waals surface area contributed by atoms with Gasteiger partial charge >= 0.3 is 5.69 Å². The predicted molar refractivity (Wildman–Crippen MR) is 52.1 cm³/mol. The summed E-state index contributed by atoms with van der Waals surface area (Å²) in [7, 11) is 0. The van der Waals surface area contributed by atoms with Gasteiger partial charge in [-0.05, 0) is 12.1 Å². The van der Waals surface area contributed by atoms with Crippen LogP contribution in [0.15, 0.2) is 18.2 Å². The quantitative estimate of drug-likeness (QED) is 0.344. The third-order valence-electron chi connectivity index (χ3n) is 1.87. The molecule has 1 rings (SSSR count). The van der Waals surface area contributed by atoms with Gasteiger partial charge in [-0.2, -0.15) is 0 Å². The molecule has 0 amide bonds. The lowest BCUT2D eigenvalue weighted by atomic mass is 10.1. The fourth-order valence-electron chi connectivity index (χ4n) is 1.18. The van der Waals surface area contributed by atoms with Crippen LogP contribution in [0.3, 0.4) is 0 Å². The minimum atomic E-state index is -0.627. The molecule has 0 bridgehead atoms. The van der Waals surface area contributed by atoms with Crippen LogP contribution in [-0.2, 0) is 0 Å². The third-order valence-corrected chi connectivity index (χ3v) is 1.87. The first-order chi connectivity index (χ1) is 6.57. The fraction of sp³-hybridized carbons (Fsp3) is 0.222. The summed E-state index contributed by atoms with van der Waals surface area (Å²) in [5.74, 6) is -0.274. The number of rotatable bonds is 3. The number of benzene rings is 1. The summed E-state index contributed by atoms with van der Waals surface area (Å²) in [4.78, 5) is 21.3. The Morgan fingerprint density at radius 2 is 2.21 bits per heavy atom. The first-order valence-electron chi connectivity index (χ1n) is 4.14. The molecule has 0 aliphatic rings. The van der Waals surface area contributed by atoms with Gasteiger partial charge in [-0.15, -0.1) is 0 Å². The van der Waals surface area contributed by atoms with Crippen LogP contribution < -0.4 is 5.73 Å². The van der Waals surface area contributed by atoms with Gasteiger partial charge in [0.25, 0.3) is 0 Å². The Bertz CT molecular complexity index is 388. The lowest BCUT2D eigenvalue weighted by Gasteiger charge is -2.02. The van der Waals surface area contributed by atoms with Gasteiger partial charge in [0.05, 0.1) is 10.5 Å². The highest BCUT2D eigenvalue weighted by atomic mass is 16.6. The molecular formula is C9H10N2O3. The minimum absolute atomic E-state index is 0.0225. The van der Waals surface area contributed by atoms with E-state index < -0.39 is 4.92 Å². The standard InChI is InChI=1S/C9H10N2O3/c1-2-8(12)6-4-3-5-7(10)9(6)11(13)14/h3-5H,2,10H2,1H3. The van der Waals surface area contributed by atoms with Crippen molar-refractivity contribution >= 4 is 17.2 Å². The van der Waals surface area contributed by atoms with Gasteiger partial charge < -0.3 is 5.73 Å². The van der Waals surface area contributed by atoms with Crippen molar-refractivity contribution in [1.82, 2.24) is 0 Å². The molecule has 0 spiro atoms. The van der Waals surface area contributed by atoms with Crippen molar-refractivity contribution < 1.29 is 9.72 Å². The van der Waals surface area contributed by atoms with Crippen LogP contribution in [0, 0.1) is 10.1 Å². The Morgan fingerprint density at radius 1 is 1.57 bits per heavy atom. The van der Waals surface area contributed by atoms with E-state index in [1.54, 1.807) is 6.92 Å². The molecule has 0 fully saturated rings. The van der Waals surface area contributed by atoms with Crippen LogP contribution in [0.1, 0.15) is 23.7 Å². The summed E-state index contributed by atoms with van der Waals surface area (Å²) in [5, 5.41) is 10.6. The first kappa shape index (κ1) is 10.2. The molecule has 2 N–H and O–H groups in total. The Kier molecular flexibility index (Phi) is 2.81. The van der Waals surface area contributed by atoms with E-state index in [9.17, 15) is 14.9 Å². The van der Waals surface area contributed by atoms with Crippen molar-refractivity contribution in [3.63, 3.8) is 0 Å². The van der Waals surface area contributed by atoms with Gasteiger partial charge in [-0.3, -0.25) is 14.9 Å². The number of Topliss-reactive ketones (excluding diaryl/α,β-unsaturated/α-hetero) is 1. The number of hydrogen-bond donors (Lipinski definition) is 1. The van der Waals surface area contributed by atoms with Crippen LogP contribution in [0.5, 0.6) is 0 Å². The zero-order valence-corrected chi connectivity index (χ0v) is 7.69. The predicted octanol–water partition coefficient (Wildman–Crippen LogP) is 1.77. The lowest BCUT2D eigenvalue weighted by Crippen LogP contribution is -2.05. The monoisotopic (exact) mass is 194 g/mol. The van der Waals surface area contributed by atoms with E-state index in [0.29, 0.717) is 0 Å². The normalized spacial score (nSPS) is 9.79. The SMILES string of the molecule is CCC(=O)c1cccc(N)c1[N+](=O)[O-]. The largest absolute Gasteiger partial charge is 0.393 e. The van der Waals surface area contributed by atoms with E-state index in [1.807, 2.05) is 0 Å². The van der Waals surface area contributed by atoms with Crippen molar-refractivity contribution in [2.24, 2.45) is 0 Å². The number of ketones is 1. The number of nitrogen functional groups attached to an aromatic ring is 1. The maximum absolute atomic E-state index is 11.3. The average molecular weight is 194 g/mol. The van der Waals surface area contributed by atoms with Crippen LogP contribution in [-0.4, -0.2) is 10.7 Å². The maximum Gasteiger partial charge on any atom is 0.302 e. The number of hydrogen-bond acceptors (Lipinski definition) is 4. The molecule has 0 saturated heterocycles. The van der Waals surface area contributed by atoms with E-state index in [-0.39, 0.29) is 29.1 Å². The van der Waals surface area contributed by atoms with Crippen molar-refractivity contribution in [2.75, 3.05) is 5.73 Å². The summed E-state index contributed by atoms with van der Waals surface area (Å²) < 4.78 is 0. The van der Waals surface area contributed by atoms with E-state index in [4.69, 9.17) is 5.73 Å². The van der Waals surface area contributed by atoms with Crippen LogP contribution in [0.2, 0.25) is 0 Å². The molecule has 0 atom stereocenters. The van der Waals surface area contributed by atoms with Crippen molar-refractivity contribution in [3.05, 3.63) is 33.9 Å². The minimum Gasteiger partial charge on any atom is -0.393 e. The van der Waals surface area contributed by atoms with Gasteiger partial charge in [0.15, 0.2) is 5.78 Å². The molecule has 5 heteroatoms. The van der Waals surface area contributed by atoms with Crippen molar-refractivity contribution in [3.8, 4) is 0 Å². The molecule has 0 saturated carbocycles. The third kappa shape index (κ3) is 1.71. The average Bonchev–Trinajstić information content (AvgIpc) is 2.15. The molecule has 0 unspecified atom stereocenters. The Morgan fingerprint density at radius 3 is 2.71 bits per heavy atom. The number of nitrogens with two attached hydrogens (primary N) is 1. The molecular weight excluding hydrogens is 184 g/mol. The van der Waals surface area contributed by atoms with E-state index in [0.717, 1.165) is 0 Å². The van der Waals surface area contributed by atoms with Crippen LogP contribution >= 0.6 is 0 Å². The molecule has 0 aliphatic carbocycles. The topological polar surface area (TPSA) is 86.2 Å². The molecule has 5 nitrogen and oxygen atoms in total. The van der Waals surface area contributed by atoms with Gasteiger partial charge in [-0.1, -0.05) is 13.0 Å². The second-order valence-corrected chi connectivity index (χ2v) is 2.78. The summed E-state index contributed by atoms with van der Waals surface area (Å²) >= 11 is 0. The molecule has 0 heterocycles. The highest BCUT2D eigenvalue weighted by molar-refractivity contribution is 6.01. The van der Waals surface area contributed by atoms with Gasteiger partial charge in [0.2, 0.25) is 0 Å².